The molecular weight excluding hydrogens is 542 g/mol. The first-order valence-electron chi connectivity index (χ1n) is 15.8. The lowest BCUT2D eigenvalue weighted by atomic mass is 9.81. The van der Waals surface area contributed by atoms with Crippen LogP contribution in [0.3, 0.4) is 0 Å². The molecule has 0 radical (unpaired) electrons. The van der Waals surface area contributed by atoms with Crippen LogP contribution in [0, 0.1) is 6.92 Å². The van der Waals surface area contributed by atoms with Crippen LogP contribution < -0.4 is 4.90 Å². The summed E-state index contributed by atoms with van der Waals surface area (Å²) in [6.07, 6.45) is 0. The third-order valence-corrected chi connectivity index (χ3v) is 9.57. The SMILES string of the molecule is Cc1cc(N(c2ccccc2)c2c3c(cc4ccccc24)C(C)(C)c2ccccc2-3)ccc1-c1ccccc1-c1ccccc1. The topological polar surface area (TPSA) is 3.24 Å². The number of aryl methyl sites for hydroxylation is 1. The highest BCUT2D eigenvalue weighted by Crippen LogP contribution is 2.56. The molecule has 1 aliphatic carbocycles. The van der Waals surface area contributed by atoms with Crippen LogP contribution in [-0.4, -0.2) is 0 Å². The molecule has 216 valence electrons. The summed E-state index contributed by atoms with van der Waals surface area (Å²) in [5, 5.41) is 2.52. The first kappa shape index (κ1) is 27.2. The van der Waals surface area contributed by atoms with Gasteiger partial charge < -0.3 is 4.90 Å². The van der Waals surface area contributed by atoms with Crippen LogP contribution in [0.4, 0.5) is 17.1 Å². The van der Waals surface area contributed by atoms with Gasteiger partial charge in [-0.1, -0.05) is 141 Å². The Hall–Kier alpha value is -5.40. The molecule has 0 amide bonds. The van der Waals surface area contributed by atoms with Crippen molar-refractivity contribution in [3.8, 4) is 33.4 Å². The van der Waals surface area contributed by atoms with Crippen LogP contribution >= 0.6 is 0 Å². The van der Waals surface area contributed by atoms with E-state index in [2.05, 4.69) is 183 Å². The fourth-order valence-electron chi connectivity index (χ4n) is 7.38. The van der Waals surface area contributed by atoms with E-state index in [1.165, 1.54) is 66.5 Å². The molecule has 45 heavy (non-hydrogen) atoms. The lowest BCUT2D eigenvalue weighted by Crippen LogP contribution is -2.16. The van der Waals surface area contributed by atoms with Crippen molar-refractivity contribution < 1.29 is 0 Å². The van der Waals surface area contributed by atoms with E-state index in [1.807, 2.05) is 0 Å². The number of para-hydroxylation sites is 1. The fourth-order valence-corrected chi connectivity index (χ4v) is 7.38. The Morgan fingerprint density at radius 2 is 1.09 bits per heavy atom. The van der Waals surface area contributed by atoms with Crippen molar-refractivity contribution in [3.63, 3.8) is 0 Å². The van der Waals surface area contributed by atoms with Crippen LogP contribution in [0.15, 0.2) is 158 Å². The highest BCUT2D eigenvalue weighted by molar-refractivity contribution is 6.09. The molecule has 1 nitrogen and oxygen atoms in total. The Bertz CT molecular complexity index is 2190. The van der Waals surface area contributed by atoms with E-state index in [9.17, 15) is 0 Å². The molecule has 0 fully saturated rings. The smallest absolute Gasteiger partial charge is 0.0621 e. The van der Waals surface area contributed by atoms with Crippen molar-refractivity contribution in [1.82, 2.24) is 0 Å². The number of anilines is 3. The number of benzene rings is 7. The molecule has 7 aromatic carbocycles. The van der Waals surface area contributed by atoms with Gasteiger partial charge in [-0.2, -0.15) is 0 Å². The summed E-state index contributed by atoms with van der Waals surface area (Å²) < 4.78 is 0. The van der Waals surface area contributed by atoms with E-state index in [4.69, 9.17) is 0 Å². The van der Waals surface area contributed by atoms with Crippen LogP contribution in [0.1, 0.15) is 30.5 Å². The molecule has 0 aromatic heterocycles. The zero-order valence-corrected chi connectivity index (χ0v) is 26.0. The normalized spacial score (nSPS) is 13.0. The van der Waals surface area contributed by atoms with Gasteiger partial charge in [0, 0.05) is 27.7 Å². The molecule has 0 unspecified atom stereocenters. The van der Waals surface area contributed by atoms with Crippen molar-refractivity contribution >= 4 is 27.8 Å². The van der Waals surface area contributed by atoms with Gasteiger partial charge in [-0.15, -0.1) is 0 Å². The number of nitrogens with zero attached hydrogens (tertiary/aromatic N) is 1. The van der Waals surface area contributed by atoms with Crippen LogP contribution in [-0.2, 0) is 5.41 Å². The molecule has 0 saturated heterocycles. The van der Waals surface area contributed by atoms with Gasteiger partial charge in [-0.25, -0.2) is 0 Å². The maximum atomic E-state index is 2.49. The van der Waals surface area contributed by atoms with Crippen LogP contribution in [0.2, 0.25) is 0 Å². The molecule has 1 heteroatoms. The van der Waals surface area contributed by atoms with Gasteiger partial charge in [-0.05, 0) is 87.1 Å². The molecule has 0 aliphatic heterocycles. The molecule has 0 bridgehead atoms. The minimum absolute atomic E-state index is 0.103. The Balaban J connectivity index is 1.39. The molecule has 0 N–H and O–H groups in total. The minimum Gasteiger partial charge on any atom is -0.309 e. The molecule has 8 rings (SSSR count). The highest BCUT2D eigenvalue weighted by atomic mass is 15.1. The summed E-state index contributed by atoms with van der Waals surface area (Å²) >= 11 is 0. The Morgan fingerprint density at radius 1 is 0.467 bits per heavy atom. The number of fused-ring (bicyclic) bond motifs is 4. The lowest BCUT2D eigenvalue weighted by Gasteiger charge is -2.31. The summed E-state index contributed by atoms with van der Waals surface area (Å²) in [6, 6.07) is 57.5. The maximum Gasteiger partial charge on any atom is 0.0621 e. The Labute approximate surface area is 266 Å². The molecular formula is C44H35N. The molecule has 0 saturated carbocycles. The third kappa shape index (κ3) is 4.38. The zero-order valence-electron chi connectivity index (χ0n) is 26.0. The molecule has 0 spiro atoms. The van der Waals surface area contributed by atoms with Crippen molar-refractivity contribution in [3.05, 3.63) is 174 Å². The molecule has 0 atom stereocenters. The number of hydrogen-bond donors (Lipinski definition) is 0. The average molecular weight is 578 g/mol. The second-order valence-corrected chi connectivity index (χ2v) is 12.6. The maximum absolute atomic E-state index is 2.49. The Kier molecular flexibility index (Phi) is 6.43. The van der Waals surface area contributed by atoms with Gasteiger partial charge in [0.05, 0.1) is 5.69 Å². The van der Waals surface area contributed by atoms with Gasteiger partial charge in [0.25, 0.3) is 0 Å². The highest BCUT2D eigenvalue weighted by Gasteiger charge is 2.39. The van der Waals surface area contributed by atoms with E-state index < -0.39 is 0 Å². The third-order valence-electron chi connectivity index (χ3n) is 9.57. The summed E-state index contributed by atoms with van der Waals surface area (Å²) in [4.78, 5) is 2.49. The predicted octanol–water partition coefficient (Wildman–Crippen LogP) is 12.3. The first-order valence-corrected chi connectivity index (χ1v) is 15.8. The second kappa shape index (κ2) is 10.6. The van der Waals surface area contributed by atoms with Gasteiger partial charge >= 0.3 is 0 Å². The number of hydrogen-bond acceptors (Lipinski definition) is 1. The predicted molar refractivity (Wildman–Crippen MR) is 192 cm³/mol. The molecule has 1 aliphatic rings. The summed E-state index contributed by atoms with van der Waals surface area (Å²) in [5.41, 5.74) is 15.1. The van der Waals surface area contributed by atoms with Crippen LogP contribution in [0.5, 0.6) is 0 Å². The van der Waals surface area contributed by atoms with Gasteiger partial charge in [0.2, 0.25) is 0 Å². The monoisotopic (exact) mass is 577 g/mol. The lowest BCUT2D eigenvalue weighted by molar-refractivity contribution is 0.661. The summed E-state index contributed by atoms with van der Waals surface area (Å²) in [7, 11) is 0. The summed E-state index contributed by atoms with van der Waals surface area (Å²) in [5.74, 6) is 0. The standard InChI is InChI=1S/C44H35N/c1-30-28-34(26-27-35(30)38-23-13-12-21-36(38)31-16-6-4-7-17-31)45(33-19-8-5-9-20-33)43-37-22-11-10-18-32(37)29-41-42(43)39-24-14-15-25-40(39)44(41,2)3/h4-29H,1-3H3. The van der Waals surface area contributed by atoms with Gasteiger partial charge in [-0.3, -0.25) is 0 Å². The van der Waals surface area contributed by atoms with Crippen molar-refractivity contribution in [2.24, 2.45) is 0 Å². The molecule has 7 aromatic rings. The van der Waals surface area contributed by atoms with E-state index in [0.29, 0.717) is 0 Å². The minimum atomic E-state index is -0.103. The van der Waals surface area contributed by atoms with E-state index in [1.54, 1.807) is 0 Å². The first-order chi connectivity index (χ1) is 22.0. The second-order valence-electron chi connectivity index (χ2n) is 12.6. The van der Waals surface area contributed by atoms with Crippen molar-refractivity contribution in [1.29, 1.82) is 0 Å². The van der Waals surface area contributed by atoms with Crippen molar-refractivity contribution in [2.75, 3.05) is 4.90 Å². The van der Waals surface area contributed by atoms with Gasteiger partial charge in [0.1, 0.15) is 0 Å². The zero-order chi connectivity index (χ0) is 30.5. The van der Waals surface area contributed by atoms with E-state index in [0.717, 1.165) is 11.4 Å². The van der Waals surface area contributed by atoms with E-state index in [-0.39, 0.29) is 5.41 Å². The van der Waals surface area contributed by atoms with E-state index >= 15 is 0 Å². The van der Waals surface area contributed by atoms with Crippen LogP contribution in [0.25, 0.3) is 44.2 Å². The molecule has 0 heterocycles. The fraction of sp³-hybridized carbons (Fsp3) is 0.0909. The Morgan fingerprint density at radius 3 is 1.84 bits per heavy atom. The summed E-state index contributed by atoms with van der Waals surface area (Å²) in [6.45, 7) is 6.98. The number of rotatable bonds is 5. The largest absolute Gasteiger partial charge is 0.309 e. The van der Waals surface area contributed by atoms with Gasteiger partial charge in [0.15, 0.2) is 0 Å². The average Bonchev–Trinajstić information content (AvgIpc) is 3.31. The van der Waals surface area contributed by atoms with Crippen molar-refractivity contribution in [2.45, 2.75) is 26.2 Å². The quantitative estimate of drug-likeness (QED) is 0.197.